The Hall–Kier alpha value is -2.79. The summed E-state index contributed by atoms with van der Waals surface area (Å²) < 4.78 is 4.73. The van der Waals surface area contributed by atoms with Crippen molar-refractivity contribution in [1.82, 2.24) is 4.98 Å². The first kappa shape index (κ1) is 16.1. The number of anilines is 1. The van der Waals surface area contributed by atoms with Gasteiger partial charge in [-0.2, -0.15) is 0 Å². The third-order valence-corrected chi connectivity index (χ3v) is 3.92. The molecule has 6 heteroatoms. The minimum atomic E-state index is -0.496. The number of benzene rings is 2. The number of hydrogen-bond donors (Lipinski definition) is 2. The Labute approximate surface area is 143 Å². The van der Waals surface area contributed by atoms with Crippen molar-refractivity contribution in [3.63, 3.8) is 0 Å². The number of fused-ring (bicyclic) bond motifs is 1. The molecule has 0 unspecified atom stereocenters. The van der Waals surface area contributed by atoms with E-state index in [-0.39, 0.29) is 12.3 Å². The van der Waals surface area contributed by atoms with Gasteiger partial charge in [-0.25, -0.2) is 4.79 Å². The van der Waals surface area contributed by atoms with Crippen LogP contribution >= 0.6 is 11.6 Å². The van der Waals surface area contributed by atoms with Crippen molar-refractivity contribution in [2.45, 2.75) is 6.42 Å². The van der Waals surface area contributed by atoms with Crippen LogP contribution in [0.4, 0.5) is 5.69 Å². The third-order valence-electron chi connectivity index (χ3n) is 3.69. The fourth-order valence-corrected chi connectivity index (χ4v) is 2.72. The zero-order chi connectivity index (χ0) is 17.1. The van der Waals surface area contributed by atoms with Gasteiger partial charge in [0.1, 0.15) is 0 Å². The molecule has 24 heavy (non-hydrogen) atoms. The highest BCUT2D eigenvalue weighted by atomic mass is 35.5. The second-order valence-electron chi connectivity index (χ2n) is 5.27. The third kappa shape index (κ3) is 3.26. The van der Waals surface area contributed by atoms with Crippen molar-refractivity contribution in [2.75, 3.05) is 12.4 Å². The molecule has 0 fully saturated rings. The average molecular weight is 343 g/mol. The first-order valence-electron chi connectivity index (χ1n) is 7.31. The van der Waals surface area contributed by atoms with E-state index in [9.17, 15) is 9.59 Å². The van der Waals surface area contributed by atoms with Crippen LogP contribution in [0.5, 0.6) is 0 Å². The SMILES string of the molecule is COC(=O)c1ccccc1NC(=O)Cc1c[nH]c2ccc(Cl)cc12. The lowest BCUT2D eigenvalue weighted by Gasteiger charge is -2.09. The number of para-hydroxylation sites is 1. The van der Waals surface area contributed by atoms with Gasteiger partial charge in [-0.15, -0.1) is 0 Å². The molecule has 0 spiro atoms. The number of rotatable bonds is 4. The van der Waals surface area contributed by atoms with Gasteiger partial charge in [-0.3, -0.25) is 4.79 Å². The molecule has 3 rings (SSSR count). The minimum absolute atomic E-state index is 0.163. The number of carbonyl (C=O) groups excluding carboxylic acids is 2. The number of hydrogen-bond acceptors (Lipinski definition) is 3. The number of ether oxygens (including phenoxy) is 1. The van der Waals surface area contributed by atoms with Gasteiger partial charge in [0.05, 0.1) is 24.8 Å². The van der Waals surface area contributed by atoms with E-state index >= 15 is 0 Å². The van der Waals surface area contributed by atoms with Gasteiger partial charge >= 0.3 is 5.97 Å². The molecule has 2 N–H and O–H groups in total. The molecule has 5 nitrogen and oxygen atoms in total. The van der Waals surface area contributed by atoms with Crippen LogP contribution in [0.15, 0.2) is 48.7 Å². The van der Waals surface area contributed by atoms with E-state index in [4.69, 9.17) is 16.3 Å². The average Bonchev–Trinajstić information content (AvgIpc) is 2.96. The fraction of sp³-hybridized carbons (Fsp3) is 0.111. The maximum absolute atomic E-state index is 12.4. The van der Waals surface area contributed by atoms with Gasteiger partial charge in [0.15, 0.2) is 0 Å². The number of amides is 1. The summed E-state index contributed by atoms with van der Waals surface area (Å²) in [5.74, 6) is -0.725. The number of H-pyrrole nitrogens is 1. The molecule has 0 bridgehead atoms. The van der Waals surface area contributed by atoms with E-state index < -0.39 is 5.97 Å². The van der Waals surface area contributed by atoms with Crippen LogP contribution in [0.25, 0.3) is 10.9 Å². The summed E-state index contributed by atoms with van der Waals surface area (Å²) in [5.41, 5.74) is 2.49. The molecule has 0 saturated carbocycles. The quantitative estimate of drug-likeness (QED) is 0.709. The summed E-state index contributed by atoms with van der Waals surface area (Å²) in [6, 6.07) is 12.2. The topological polar surface area (TPSA) is 71.2 Å². The largest absolute Gasteiger partial charge is 0.465 e. The standard InChI is InChI=1S/C18H15ClN2O3/c1-24-18(23)13-4-2-3-5-16(13)21-17(22)8-11-10-20-15-7-6-12(19)9-14(11)15/h2-7,9-10,20H,8H2,1H3,(H,21,22). The zero-order valence-electron chi connectivity index (χ0n) is 12.9. The lowest BCUT2D eigenvalue weighted by atomic mass is 10.1. The summed E-state index contributed by atoms with van der Waals surface area (Å²) in [6.07, 6.45) is 1.95. The van der Waals surface area contributed by atoms with Crippen molar-refractivity contribution in [3.8, 4) is 0 Å². The van der Waals surface area contributed by atoms with Gasteiger partial charge in [-0.05, 0) is 35.9 Å². The first-order chi connectivity index (χ1) is 11.6. The summed E-state index contributed by atoms with van der Waals surface area (Å²) in [7, 11) is 1.30. The Balaban J connectivity index is 1.81. The van der Waals surface area contributed by atoms with E-state index in [0.29, 0.717) is 16.3 Å². The van der Waals surface area contributed by atoms with Crippen LogP contribution in [0.2, 0.25) is 5.02 Å². The van der Waals surface area contributed by atoms with E-state index in [1.165, 1.54) is 7.11 Å². The van der Waals surface area contributed by atoms with Crippen LogP contribution in [0, 0.1) is 0 Å². The Morgan fingerprint density at radius 1 is 1.21 bits per heavy atom. The summed E-state index contributed by atoms with van der Waals surface area (Å²) >= 11 is 6.02. The first-order valence-corrected chi connectivity index (χ1v) is 7.69. The highest BCUT2D eigenvalue weighted by Gasteiger charge is 2.14. The normalized spacial score (nSPS) is 10.6. The lowest BCUT2D eigenvalue weighted by Crippen LogP contribution is -2.17. The molecule has 0 atom stereocenters. The molecule has 1 heterocycles. The minimum Gasteiger partial charge on any atom is -0.465 e. The van der Waals surface area contributed by atoms with Crippen molar-refractivity contribution in [2.24, 2.45) is 0 Å². The number of aromatic nitrogens is 1. The van der Waals surface area contributed by atoms with Gasteiger partial charge in [0.25, 0.3) is 0 Å². The van der Waals surface area contributed by atoms with Gasteiger partial charge in [0.2, 0.25) is 5.91 Å². The molecule has 1 amide bonds. The highest BCUT2D eigenvalue weighted by Crippen LogP contribution is 2.23. The summed E-state index contributed by atoms with van der Waals surface area (Å²) in [4.78, 5) is 27.2. The molecule has 0 saturated heterocycles. The van der Waals surface area contributed by atoms with Crippen molar-refractivity contribution in [3.05, 3.63) is 64.8 Å². The van der Waals surface area contributed by atoms with Gasteiger partial charge in [0, 0.05) is 22.1 Å². The maximum atomic E-state index is 12.4. The molecule has 0 aliphatic carbocycles. The molecule has 0 aliphatic heterocycles. The maximum Gasteiger partial charge on any atom is 0.339 e. The highest BCUT2D eigenvalue weighted by molar-refractivity contribution is 6.31. The van der Waals surface area contributed by atoms with E-state index in [0.717, 1.165) is 16.5 Å². The Morgan fingerprint density at radius 3 is 2.79 bits per heavy atom. The second kappa shape index (κ2) is 6.76. The van der Waals surface area contributed by atoms with Gasteiger partial charge < -0.3 is 15.0 Å². The van der Waals surface area contributed by atoms with Crippen LogP contribution in [-0.2, 0) is 16.0 Å². The predicted octanol–water partition coefficient (Wildman–Crippen LogP) is 3.79. The Bertz CT molecular complexity index is 918. The smallest absolute Gasteiger partial charge is 0.339 e. The number of aromatic amines is 1. The lowest BCUT2D eigenvalue weighted by molar-refractivity contribution is -0.115. The number of esters is 1. The van der Waals surface area contributed by atoms with Crippen molar-refractivity contribution in [1.29, 1.82) is 0 Å². The Kier molecular flexibility index (Phi) is 4.53. The van der Waals surface area contributed by atoms with Crippen LogP contribution in [0.3, 0.4) is 0 Å². The van der Waals surface area contributed by atoms with Crippen molar-refractivity contribution >= 4 is 40.1 Å². The van der Waals surface area contributed by atoms with Crippen LogP contribution in [0.1, 0.15) is 15.9 Å². The van der Waals surface area contributed by atoms with Crippen LogP contribution in [-0.4, -0.2) is 24.0 Å². The van der Waals surface area contributed by atoms with E-state index in [2.05, 4.69) is 10.3 Å². The molecular formula is C18H15ClN2O3. The molecule has 0 aliphatic rings. The second-order valence-corrected chi connectivity index (χ2v) is 5.70. The summed E-state index contributed by atoms with van der Waals surface area (Å²) in [6.45, 7) is 0. The molecular weight excluding hydrogens is 328 g/mol. The summed E-state index contributed by atoms with van der Waals surface area (Å²) in [5, 5.41) is 4.27. The molecule has 122 valence electrons. The van der Waals surface area contributed by atoms with Gasteiger partial charge in [-0.1, -0.05) is 23.7 Å². The molecule has 1 aromatic heterocycles. The predicted molar refractivity (Wildman–Crippen MR) is 93.4 cm³/mol. The number of nitrogens with one attached hydrogen (secondary N) is 2. The van der Waals surface area contributed by atoms with Crippen LogP contribution < -0.4 is 5.32 Å². The molecule has 2 aromatic carbocycles. The van der Waals surface area contributed by atoms with E-state index in [1.54, 1.807) is 36.5 Å². The number of methoxy groups -OCH3 is 1. The number of carbonyl (C=O) groups is 2. The fourth-order valence-electron chi connectivity index (χ4n) is 2.54. The monoisotopic (exact) mass is 342 g/mol. The zero-order valence-corrected chi connectivity index (χ0v) is 13.7. The molecule has 0 radical (unpaired) electrons. The van der Waals surface area contributed by atoms with E-state index in [1.807, 2.05) is 12.1 Å². The van der Waals surface area contributed by atoms with Crippen molar-refractivity contribution < 1.29 is 14.3 Å². The number of halogens is 1. The molecule has 3 aromatic rings. The Morgan fingerprint density at radius 2 is 2.00 bits per heavy atom.